The van der Waals surface area contributed by atoms with Crippen LogP contribution in [0.2, 0.25) is 0 Å². The Morgan fingerprint density at radius 1 is 1.25 bits per heavy atom. The topological polar surface area (TPSA) is 17.1 Å². The average molecular weight is 262 g/mol. The normalized spacial score (nSPS) is 1.00. The quantitative estimate of drug-likeness (QED) is 0.522. The summed E-state index contributed by atoms with van der Waals surface area (Å²) < 4.78 is 8.34. The second kappa shape index (κ2) is 24.9. The Hall–Kier alpha value is 1.47. The standard InChI is InChI=1S/C.In.O.Sn. The van der Waals surface area contributed by atoms with E-state index in [2.05, 4.69) is 0 Å². The van der Waals surface area contributed by atoms with Gasteiger partial charge in [0.1, 0.15) is 0 Å². The molecular weight excluding hydrogens is 262 g/mol. The molecule has 0 saturated heterocycles. The van der Waals surface area contributed by atoms with E-state index in [0.29, 0.717) is 22.5 Å². The molecule has 9 radical (unpaired) electrons. The molecule has 0 aliphatic heterocycles. The molecule has 0 rings (SSSR count). The van der Waals surface area contributed by atoms with Crippen LogP contribution in [0.1, 0.15) is 0 Å². The van der Waals surface area contributed by atoms with Crippen LogP contribution in [0.15, 0.2) is 0 Å². The minimum atomic E-state index is 0. The fraction of sp³-hybridized carbons (Fsp3) is 0. The van der Waals surface area contributed by atoms with E-state index in [0.717, 1.165) is 0 Å². The molecule has 0 atom stereocenters. The van der Waals surface area contributed by atoms with Crippen molar-refractivity contribution in [3.05, 3.63) is 7.43 Å². The first-order valence-electron chi connectivity index (χ1n) is 0.204. The Morgan fingerprint density at radius 2 is 1.25 bits per heavy atom. The van der Waals surface area contributed by atoms with Crippen molar-refractivity contribution in [2.24, 2.45) is 0 Å². The summed E-state index contributed by atoms with van der Waals surface area (Å²) in [4.78, 5) is 0. The van der Waals surface area contributed by atoms with Gasteiger partial charge in [0, 0.05) is 33.3 Å². The molecule has 0 heterocycles. The van der Waals surface area contributed by atoms with Crippen LogP contribution in [0.5, 0.6) is 0 Å². The molecule has 0 N–H and O–H groups in total. The second-order valence-corrected chi connectivity index (χ2v) is 0. The van der Waals surface area contributed by atoms with E-state index in [1.165, 1.54) is 0 Å². The molecule has 0 aliphatic carbocycles. The van der Waals surface area contributed by atoms with Crippen LogP contribution in [0.25, 0.3) is 0 Å². The van der Waals surface area contributed by atoms with E-state index in [4.69, 9.17) is 3.08 Å². The SMILES string of the molecule is [C].[In].[O]=[Sn]. The third-order valence-electron chi connectivity index (χ3n) is 0. The van der Waals surface area contributed by atoms with Crippen molar-refractivity contribution in [2.75, 3.05) is 0 Å². The molecule has 3 heteroatoms. The summed E-state index contributed by atoms with van der Waals surface area (Å²) in [5, 5.41) is 0. The maximum absolute atomic E-state index is 8.34. The molecule has 0 bridgehead atoms. The van der Waals surface area contributed by atoms with Crippen LogP contribution in [-0.4, -0.2) is 48.4 Å². The zero-order chi connectivity index (χ0) is 2.00. The Labute approximate surface area is 58.4 Å². The molecule has 17 valence electrons. The van der Waals surface area contributed by atoms with E-state index in [-0.39, 0.29) is 33.3 Å². The van der Waals surface area contributed by atoms with Crippen LogP contribution >= 0.6 is 0 Å². The molecule has 4 heavy (non-hydrogen) atoms. The molecule has 0 aromatic rings. The van der Waals surface area contributed by atoms with Crippen molar-refractivity contribution in [1.82, 2.24) is 0 Å². The number of hydrogen-bond acceptors (Lipinski definition) is 1. The van der Waals surface area contributed by atoms with Gasteiger partial charge in [0.05, 0.1) is 0 Å². The third-order valence-corrected chi connectivity index (χ3v) is 0. The predicted molar refractivity (Wildman–Crippen MR) is 15.4 cm³/mol. The molecule has 0 amide bonds. The van der Waals surface area contributed by atoms with Gasteiger partial charge in [-0.2, -0.15) is 0 Å². The van der Waals surface area contributed by atoms with Gasteiger partial charge in [-0.1, -0.05) is 0 Å². The summed E-state index contributed by atoms with van der Waals surface area (Å²) in [7, 11) is 0. The average Bonchev–Trinajstić information content (AvgIpc) is 1.00. The van der Waals surface area contributed by atoms with Gasteiger partial charge in [-0.25, -0.2) is 0 Å². The van der Waals surface area contributed by atoms with Gasteiger partial charge in [-0.15, -0.1) is 0 Å². The molecule has 1 nitrogen and oxygen atoms in total. The van der Waals surface area contributed by atoms with Crippen molar-refractivity contribution in [3.63, 3.8) is 0 Å². The minimum absolute atomic E-state index is 0. The monoisotopic (exact) mass is 263 g/mol. The first-order valence-corrected chi connectivity index (χ1v) is 1.37. The summed E-state index contributed by atoms with van der Waals surface area (Å²) in [6, 6.07) is 0. The van der Waals surface area contributed by atoms with Crippen molar-refractivity contribution >= 4 is 48.4 Å². The fourth-order valence-corrected chi connectivity index (χ4v) is 0. The summed E-state index contributed by atoms with van der Waals surface area (Å²) >= 11 is 0.300. The summed E-state index contributed by atoms with van der Waals surface area (Å²) in [6.45, 7) is 0. The zero-order valence-electron chi connectivity index (χ0n) is 1.99. The van der Waals surface area contributed by atoms with Crippen LogP contribution in [-0.2, 0) is 3.08 Å². The number of rotatable bonds is 0. The first-order chi connectivity index (χ1) is 1.00. The maximum atomic E-state index is 8.34. The van der Waals surface area contributed by atoms with Crippen molar-refractivity contribution < 1.29 is 3.08 Å². The van der Waals surface area contributed by atoms with E-state index < -0.39 is 0 Å². The van der Waals surface area contributed by atoms with Gasteiger partial charge >= 0.3 is 25.6 Å². The fourth-order valence-electron chi connectivity index (χ4n) is 0. The van der Waals surface area contributed by atoms with Crippen molar-refractivity contribution in [1.29, 1.82) is 0 Å². The van der Waals surface area contributed by atoms with E-state index >= 15 is 0 Å². The molecule has 0 saturated carbocycles. The van der Waals surface area contributed by atoms with Gasteiger partial charge in [0.2, 0.25) is 0 Å². The summed E-state index contributed by atoms with van der Waals surface area (Å²) in [5.41, 5.74) is 0. The Bertz CT molecular complexity index is 8.00. The van der Waals surface area contributed by atoms with Crippen LogP contribution in [0, 0.1) is 7.43 Å². The second-order valence-electron chi connectivity index (χ2n) is 0. The summed E-state index contributed by atoms with van der Waals surface area (Å²) in [5.74, 6) is 0. The Morgan fingerprint density at radius 3 is 1.25 bits per heavy atom. The van der Waals surface area contributed by atoms with Crippen molar-refractivity contribution in [2.45, 2.75) is 0 Å². The number of hydrogen-bond donors (Lipinski definition) is 0. The van der Waals surface area contributed by atoms with E-state index in [9.17, 15) is 0 Å². The van der Waals surface area contributed by atoms with E-state index in [1.807, 2.05) is 0 Å². The molecule has 0 aromatic heterocycles. The molecule has 0 fully saturated rings. The molecule has 0 aliphatic rings. The summed E-state index contributed by atoms with van der Waals surface area (Å²) in [6.07, 6.45) is 0. The Balaban J connectivity index is -0.00000000500. The van der Waals surface area contributed by atoms with Crippen molar-refractivity contribution in [3.8, 4) is 0 Å². The molecule has 0 spiro atoms. The van der Waals surface area contributed by atoms with Crippen LogP contribution in [0.3, 0.4) is 0 Å². The molecule has 0 aromatic carbocycles. The van der Waals surface area contributed by atoms with Gasteiger partial charge in [-0.3, -0.25) is 0 Å². The first kappa shape index (κ1) is 17.9. The Kier molecular flexibility index (Phi) is 112. The predicted octanol–water partition coefficient (Wildman–Crippen LogP) is -0.799. The van der Waals surface area contributed by atoms with Gasteiger partial charge in [0.15, 0.2) is 0 Å². The van der Waals surface area contributed by atoms with Gasteiger partial charge in [0.25, 0.3) is 0 Å². The molecular formula is CInOSn. The van der Waals surface area contributed by atoms with Gasteiger partial charge in [-0.05, 0) is 0 Å². The van der Waals surface area contributed by atoms with Gasteiger partial charge < -0.3 is 0 Å². The van der Waals surface area contributed by atoms with E-state index in [1.54, 1.807) is 0 Å². The third kappa shape index (κ3) is 9.80. The van der Waals surface area contributed by atoms with Crippen LogP contribution < -0.4 is 0 Å². The zero-order valence-corrected chi connectivity index (χ0v) is 8.14. The molecule has 0 unspecified atom stereocenters. The van der Waals surface area contributed by atoms with Crippen LogP contribution in [0.4, 0.5) is 0 Å².